The highest BCUT2D eigenvalue weighted by atomic mass is 16.5. The molecule has 0 unspecified atom stereocenters. The summed E-state index contributed by atoms with van der Waals surface area (Å²) in [5.74, 6) is 0.00824. The van der Waals surface area contributed by atoms with E-state index in [4.69, 9.17) is 9.84 Å². The van der Waals surface area contributed by atoms with Crippen LogP contribution in [0.25, 0.3) is 6.08 Å². The highest BCUT2D eigenvalue weighted by Gasteiger charge is 2.19. The van der Waals surface area contributed by atoms with Crippen molar-refractivity contribution in [1.29, 1.82) is 0 Å². The number of hydrogen-bond donors (Lipinski definition) is 1. The summed E-state index contributed by atoms with van der Waals surface area (Å²) in [6.45, 7) is 5.04. The Morgan fingerprint density at radius 1 is 1.42 bits per heavy atom. The lowest BCUT2D eigenvalue weighted by atomic mass is 10.2. The molecule has 1 saturated heterocycles. The van der Waals surface area contributed by atoms with Crippen molar-refractivity contribution in [1.82, 2.24) is 9.78 Å². The second kappa shape index (κ2) is 5.88. The average Bonchev–Trinajstić information content (AvgIpc) is 2.57. The molecule has 2 rings (SSSR count). The standard InChI is InChI=1S/C13H19N3O3/c1-10-11(4-5-12(17)18)13(15(2)14-10)16-6-3-8-19-9-7-16/h4-5H,3,6-9H2,1-2H3,(H,17,18). The van der Waals surface area contributed by atoms with Crippen molar-refractivity contribution in [2.75, 3.05) is 31.2 Å². The molecule has 0 spiro atoms. The molecule has 19 heavy (non-hydrogen) atoms. The van der Waals surface area contributed by atoms with E-state index in [2.05, 4.69) is 10.00 Å². The number of ether oxygens (including phenoxy) is 1. The van der Waals surface area contributed by atoms with Gasteiger partial charge in [-0.15, -0.1) is 0 Å². The maximum Gasteiger partial charge on any atom is 0.328 e. The van der Waals surface area contributed by atoms with Crippen molar-refractivity contribution < 1.29 is 14.6 Å². The van der Waals surface area contributed by atoms with Crippen LogP contribution in [-0.4, -0.2) is 47.2 Å². The summed E-state index contributed by atoms with van der Waals surface area (Å²) in [5.41, 5.74) is 1.70. The van der Waals surface area contributed by atoms with Gasteiger partial charge in [-0.05, 0) is 19.4 Å². The van der Waals surface area contributed by atoms with E-state index in [1.165, 1.54) is 0 Å². The lowest BCUT2D eigenvalue weighted by Gasteiger charge is -2.22. The lowest BCUT2D eigenvalue weighted by molar-refractivity contribution is -0.131. The Hall–Kier alpha value is -1.82. The zero-order valence-corrected chi connectivity index (χ0v) is 11.3. The van der Waals surface area contributed by atoms with Gasteiger partial charge in [0.05, 0.1) is 12.3 Å². The van der Waals surface area contributed by atoms with Crippen molar-refractivity contribution in [3.63, 3.8) is 0 Å². The van der Waals surface area contributed by atoms with Crippen LogP contribution in [0.1, 0.15) is 17.7 Å². The molecule has 0 amide bonds. The Morgan fingerprint density at radius 3 is 2.95 bits per heavy atom. The van der Waals surface area contributed by atoms with Crippen molar-refractivity contribution >= 4 is 17.9 Å². The summed E-state index contributed by atoms with van der Waals surface area (Å²) in [4.78, 5) is 12.9. The molecule has 0 bridgehead atoms. The first kappa shape index (κ1) is 13.6. The number of carboxylic acids is 1. The number of aryl methyl sites for hydroxylation is 2. The molecular weight excluding hydrogens is 246 g/mol. The Balaban J connectivity index is 2.34. The Labute approximate surface area is 112 Å². The molecule has 1 aliphatic rings. The lowest BCUT2D eigenvalue weighted by Crippen LogP contribution is -2.28. The molecule has 0 saturated carbocycles. The Morgan fingerprint density at radius 2 is 2.21 bits per heavy atom. The number of carbonyl (C=O) groups is 1. The molecule has 1 aliphatic heterocycles. The third-order valence-electron chi connectivity index (χ3n) is 3.15. The Bertz CT molecular complexity index is 486. The smallest absolute Gasteiger partial charge is 0.328 e. The van der Waals surface area contributed by atoms with Crippen LogP contribution < -0.4 is 4.90 Å². The number of aromatic nitrogens is 2. The number of hydrogen-bond acceptors (Lipinski definition) is 4. The van der Waals surface area contributed by atoms with Crippen LogP contribution in [-0.2, 0) is 16.6 Å². The average molecular weight is 265 g/mol. The van der Waals surface area contributed by atoms with Crippen LogP contribution in [0.2, 0.25) is 0 Å². The van der Waals surface area contributed by atoms with Crippen molar-refractivity contribution in [3.05, 3.63) is 17.3 Å². The number of anilines is 1. The van der Waals surface area contributed by atoms with E-state index in [1.807, 2.05) is 18.7 Å². The van der Waals surface area contributed by atoms with E-state index in [0.29, 0.717) is 6.61 Å². The molecule has 6 nitrogen and oxygen atoms in total. The minimum Gasteiger partial charge on any atom is -0.478 e. The molecule has 0 atom stereocenters. The fraction of sp³-hybridized carbons (Fsp3) is 0.538. The van der Waals surface area contributed by atoms with E-state index in [-0.39, 0.29) is 0 Å². The molecular formula is C13H19N3O3. The molecule has 1 fully saturated rings. The Kier molecular flexibility index (Phi) is 4.21. The van der Waals surface area contributed by atoms with Crippen LogP contribution in [0.5, 0.6) is 0 Å². The second-order valence-corrected chi connectivity index (χ2v) is 4.57. The van der Waals surface area contributed by atoms with Crippen LogP contribution in [0.3, 0.4) is 0 Å². The fourth-order valence-corrected chi connectivity index (χ4v) is 2.35. The molecule has 1 aromatic rings. The largest absolute Gasteiger partial charge is 0.478 e. The highest BCUT2D eigenvalue weighted by molar-refractivity contribution is 5.87. The van der Waals surface area contributed by atoms with Gasteiger partial charge in [-0.25, -0.2) is 4.79 Å². The number of rotatable bonds is 3. The first-order valence-corrected chi connectivity index (χ1v) is 6.37. The molecule has 0 aliphatic carbocycles. The molecule has 1 N–H and O–H groups in total. The molecule has 104 valence electrons. The fourth-order valence-electron chi connectivity index (χ4n) is 2.35. The van der Waals surface area contributed by atoms with E-state index in [1.54, 1.807) is 6.08 Å². The zero-order valence-electron chi connectivity index (χ0n) is 11.3. The van der Waals surface area contributed by atoms with Crippen molar-refractivity contribution in [2.24, 2.45) is 7.05 Å². The summed E-state index contributed by atoms with van der Waals surface area (Å²) in [7, 11) is 1.88. The zero-order chi connectivity index (χ0) is 13.8. The third kappa shape index (κ3) is 3.14. The van der Waals surface area contributed by atoms with E-state index >= 15 is 0 Å². The van der Waals surface area contributed by atoms with Gasteiger partial charge in [-0.2, -0.15) is 5.10 Å². The topological polar surface area (TPSA) is 67.6 Å². The number of carboxylic acid groups (broad SMARTS) is 1. The quantitative estimate of drug-likeness (QED) is 0.827. The first-order chi connectivity index (χ1) is 9.09. The maximum absolute atomic E-state index is 10.7. The van der Waals surface area contributed by atoms with Gasteiger partial charge in [-0.3, -0.25) is 4.68 Å². The normalized spacial score (nSPS) is 16.8. The van der Waals surface area contributed by atoms with Crippen molar-refractivity contribution in [3.8, 4) is 0 Å². The van der Waals surface area contributed by atoms with Crippen LogP contribution in [0.15, 0.2) is 6.08 Å². The summed E-state index contributed by atoms with van der Waals surface area (Å²) >= 11 is 0. The molecule has 1 aromatic heterocycles. The maximum atomic E-state index is 10.7. The number of aliphatic carboxylic acids is 1. The predicted octanol–water partition coefficient (Wildman–Crippen LogP) is 1.05. The van der Waals surface area contributed by atoms with E-state index in [0.717, 1.165) is 49.3 Å². The van der Waals surface area contributed by atoms with Gasteiger partial charge in [-0.1, -0.05) is 0 Å². The van der Waals surface area contributed by atoms with Crippen LogP contribution in [0.4, 0.5) is 5.82 Å². The summed E-state index contributed by atoms with van der Waals surface area (Å²) in [6, 6.07) is 0. The highest BCUT2D eigenvalue weighted by Crippen LogP contribution is 2.25. The summed E-state index contributed by atoms with van der Waals surface area (Å²) in [6.07, 6.45) is 3.74. The third-order valence-corrected chi connectivity index (χ3v) is 3.15. The number of nitrogens with zero attached hydrogens (tertiary/aromatic N) is 3. The molecule has 6 heteroatoms. The second-order valence-electron chi connectivity index (χ2n) is 4.57. The van der Waals surface area contributed by atoms with Crippen LogP contribution >= 0.6 is 0 Å². The summed E-state index contributed by atoms with van der Waals surface area (Å²) < 4.78 is 7.26. The van der Waals surface area contributed by atoms with Gasteiger partial charge >= 0.3 is 5.97 Å². The van der Waals surface area contributed by atoms with Gasteiger partial charge in [0.2, 0.25) is 0 Å². The SMILES string of the molecule is Cc1nn(C)c(N2CCCOCC2)c1C=CC(=O)O. The summed E-state index contributed by atoms with van der Waals surface area (Å²) in [5, 5.41) is 13.2. The first-order valence-electron chi connectivity index (χ1n) is 6.37. The van der Waals surface area contributed by atoms with Gasteiger partial charge in [0.15, 0.2) is 0 Å². The van der Waals surface area contributed by atoms with E-state index < -0.39 is 5.97 Å². The van der Waals surface area contributed by atoms with Gasteiger partial charge in [0.1, 0.15) is 5.82 Å². The van der Waals surface area contributed by atoms with E-state index in [9.17, 15) is 4.79 Å². The molecule has 2 heterocycles. The predicted molar refractivity (Wildman–Crippen MR) is 72.3 cm³/mol. The molecule has 0 aromatic carbocycles. The monoisotopic (exact) mass is 265 g/mol. The van der Waals surface area contributed by atoms with Gasteiger partial charge < -0.3 is 14.7 Å². The van der Waals surface area contributed by atoms with Gasteiger partial charge in [0, 0.05) is 38.4 Å². The van der Waals surface area contributed by atoms with Gasteiger partial charge in [0.25, 0.3) is 0 Å². The van der Waals surface area contributed by atoms with Crippen LogP contribution in [0, 0.1) is 6.92 Å². The van der Waals surface area contributed by atoms with Crippen molar-refractivity contribution in [2.45, 2.75) is 13.3 Å². The minimum absolute atomic E-state index is 0.687. The molecule has 0 radical (unpaired) electrons. The minimum atomic E-state index is -0.951.